The number of anilines is 3. The molecule has 1 aromatic carbocycles. The molecule has 2 fully saturated rings. The summed E-state index contributed by atoms with van der Waals surface area (Å²) in [6.07, 6.45) is 9.42. The Labute approximate surface area is 194 Å². The molecule has 7 heteroatoms. The zero-order valence-corrected chi connectivity index (χ0v) is 19.1. The van der Waals surface area contributed by atoms with Gasteiger partial charge in [0, 0.05) is 43.5 Å². The van der Waals surface area contributed by atoms with Crippen LogP contribution >= 0.6 is 0 Å². The van der Waals surface area contributed by atoms with Crippen molar-refractivity contribution in [3.63, 3.8) is 0 Å². The molecular weight excluding hydrogens is 412 g/mol. The monoisotopic (exact) mass is 442 g/mol. The summed E-state index contributed by atoms with van der Waals surface area (Å²) < 4.78 is 6.76. The van der Waals surface area contributed by atoms with Crippen LogP contribution in [0.15, 0.2) is 42.7 Å². The highest BCUT2D eigenvalue weighted by molar-refractivity contribution is 5.77. The molecule has 1 spiro atoms. The van der Waals surface area contributed by atoms with E-state index in [-0.39, 0.29) is 5.60 Å². The number of para-hydroxylation sites is 1. The van der Waals surface area contributed by atoms with E-state index in [9.17, 15) is 0 Å². The van der Waals surface area contributed by atoms with Gasteiger partial charge in [0.15, 0.2) is 5.60 Å². The zero-order valence-electron chi connectivity index (χ0n) is 19.1. The van der Waals surface area contributed by atoms with Gasteiger partial charge in [0.05, 0.1) is 17.6 Å². The topological polar surface area (TPSA) is 75.2 Å². The van der Waals surface area contributed by atoms with E-state index in [1.54, 1.807) is 0 Å². The molecule has 0 unspecified atom stereocenters. The van der Waals surface area contributed by atoms with Gasteiger partial charge in [-0.2, -0.15) is 0 Å². The van der Waals surface area contributed by atoms with Gasteiger partial charge in [-0.25, -0.2) is 15.0 Å². The van der Waals surface area contributed by atoms with Crippen LogP contribution in [0, 0.1) is 6.92 Å². The molecule has 2 aromatic heterocycles. The van der Waals surface area contributed by atoms with Gasteiger partial charge < -0.3 is 20.3 Å². The maximum Gasteiger partial charge on any atom is 0.228 e. The molecule has 3 aliphatic rings. The second-order valence-electron chi connectivity index (χ2n) is 9.33. The third kappa shape index (κ3) is 3.70. The number of fused-ring (bicyclic) bond motifs is 4. The molecule has 0 atom stereocenters. The number of ether oxygens (including phenoxy) is 1. The smallest absolute Gasteiger partial charge is 0.228 e. The quantitative estimate of drug-likeness (QED) is 0.616. The van der Waals surface area contributed by atoms with Crippen molar-refractivity contribution in [2.24, 2.45) is 0 Å². The molecule has 1 saturated carbocycles. The lowest BCUT2D eigenvalue weighted by molar-refractivity contribution is 0.0191. The molecule has 7 nitrogen and oxygen atoms in total. The molecular formula is C26H30N6O. The number of rotatable bonds is 3. The predicted molar refractivity (Wildman–Crippen MR) is 130 cm³/mol. The molecule has 2 aliphatic heterocycles. The summed E-state index contributed by atoms with van der Waals surface area (Å²) in [6.45, 7) is 6.15. The Balaban J connectivity index is 1.32. The fourth-order valence-corrected chi connectivity index (χ4v) is 5.38. The average Bonchev–Trinajstić information content (AvgIpc) is 2.87. The van der Waals surface area contributed by atoms with Crippen LogP contribution in [0.1, 0.15) is 43.4 Å². The van der Waals surface area contributed by atoms with E-state index in [4.69, 9.17) is 9.72 Å². The van der Waals surface area contributed by atoms with E-state index in [1.807, 2.05) is 18.5 Å². The maximum atomic E-state index is 6.76. The summed E-state index contributed by atoms with van der Waals surface area (Å²) >= 11 is 0. The van der Waals surface area contributed by atoms with Gasteiger partial charge in [0.1, 0.15) is 11.6 Å². The van der Waals surface area contributed by atoms with Crippen molar-refractivity contribution in [1.82, 2.24) is 20.3 Å². The van der Waals surface area contributed by atoms with Gasteiger partial charge in [-0.3, -0.25) is 0 Å². The van der Waals surface area contributed by atoms with Crippen molar-refractivity contribution in [1.29, 1.82) is 0 Å². The molecule has 0 amide bonds. The second-order valence-corrected chi connectivity index (χ2v) is 9.33. The molecule has 0 radical (unpaired) electrons. The van der Waals surface area contributed by atoms with Crippen molar-refractivity contribution in [3.05, 3.63) is 54.0 Å². The minimum Gasteiger partial charge on any atom is -0.480 e. The van der Waals surface area contributed by atoms with E-state index in [2.05, 4.69) is 56.7 Å². The lowest BCUT2D eigenvalue weighted by Crippen LogP contribution is -2.43. The van der Waals surface area contributed by atoms with Crippen molar-refractivity contribution in [2.75, 3.05) is 36.4 Å². The number of nitrogens with zero attached hydrogens (tertiary/aromatic N) is 4. The minimum atomic E-state index is -0.369. The number of hydrogen-bond acceptors (Lipinski definition) is 7. The van der Waals surface area contributed by atoms with Crippen molar-refractivity contribution in [3.8, 4) is 16.9 Å². The second kappa shape index (κ2) is 8.30. The highest BCUT2D eigenvalue weighted by atomic mass is 16.5. The first-order chi connectivity index (χ1) is 16.2. The molecule has 0 bridgehead atoms. The van der Waals surface area contributed by atoms with Crippen molar-refractivity contribution in [2.45, 2.75) is 44.6 Å². The van der Waals surface area contributed by atoms with Gasteiger partial charge in [0.2, 0.25) is 5.95 Å². The van der Waals surface area contributed by atoms with Crippen molar-refractivity contribution < 1.29 is 4.74 Å². The first-order valence-corrected chi connectivity index (χ1v) is 12.1. The molecule has 3 aromatic rings. The highest BCUT2D eigenvalue weighted by Gasteiger charge is 2.44. The number of pyridine rings is 1. The van der Waals surface area contributed by atoms with E-state index < -0.39 is 0 Å². The van der Waals surface area contributed by atoms with Crippen LogP contribution in [0.3, 0.4) is 0 Å². The normalized spacial score (nSPS) is 18.9. The molecule has 170 valence electrons. The lowest BCUT2D eigenvalue weighted by atomic mass is 9.77. The van der Waals surface area contributed by atoms with Crippen LogP contribution in [0.4, 0.5) is 17.5 Å². The summed E-state index contributed by atoms with van der Waals surface area (Å²) in [4.78, 5) is 16.7. The van der Waals surface area contributed by atoms with Gasteiger partial charge in [-0.05, 0) is 50.3 Å². The van der Waals surface area contributed by atoms with Gasteiger partial charge in [-0.1, -0.05) is 24.6 Å². The maximum absolute atomic E-state index is 6.76. The van der Waals surface area contributed by atoms with Crippen LogP contribution in [0.5, 0.6) is 5.75 Å². The summed E-state index contributed by atoms with van der Waals surface area (Å²) in [6, 6.07) is 10.4. The SMILES string of the molecule is Cc1cccc2c1OC1(CCCCC1)c1nc(Nc3ccc(N4CCNCC4)cn3)ncc1-2. The lowest BCUT2D eigenvalue weighted by Gasteiger charge is -2.42. The number of piperazine rings is 1. The number of benzene rings is 1. The minimum absolute atomic E-state index is 0.369. The van der Waals surface area contributed by atoms with E-state index in [1.165, 1.54) is 12.0 Å². The Bertz CT molecular complexity index is 1150. The summed E-state index contributed by atoms with van der Waals surface area (Å²) in [5, 5.41) is 6.71. The van der Waals surface area contributed by atoms with Gasteiger partial charge in [-0.15, -0.1) is 0 Å². The Morgan fingerprint density at radius 1 is 0.970 bits per heavy atom. The molecule has 4 heterocycles. The number of aromatic nitrogens is 3. The van der Waals surface area contributed by atoms with Crippen molar-refractivity contribution >= 4 is 17.5 Å². The molecule has 2 N–H and O–H groups in total. The number of aryl methyl sites for hydroxylation is 1. The summed E-state index contributed by atoms with van der Waals surface area (Å²) in [5.41, 5.74) is 5.14. The largest absolute Gasteiger partial charge is 0.480 e. The van der Waals surface area contributed by atoms with Crippen LogP contribution in [0.25, 0.3) is 11.1 Å². The van der Waals surface area contributed by atoms with E-state index >= 15 is 0 Å². The first-order valence-electron chi connectivity index (χ1n) is 12.1. The Hall–Kier alpha value is -3.19. The molecule has 33 heavy (non-hydrogen) atoms. The fourth-order valence-electron chi connectivity index (χ4n) is 5.38. The predicted octanol–water partition coefficient (Wildman–Crippen LogP) is 4.55. The Morgan fingerprint density at radius 3 is 2.61 bits per heavy atom. The number of hydrogen-bond donors (Lipinski definition) is 2. The first kappa shape index (κ1) is 20.4. The third-order valence-electron chi connectivity index (χ3n) is 7.15. The summed E-state index contributed by atoms with van der Waals surface area (Å²) in [5.74, 6) is 2.31. The average molecular weight is 443 g/mol. The Kier molecular flexibility index (Phi) is 5.14. The van der Waals surface area contributed by atoms with Crippen LogP contribution in [-0.2, 0) is 5.60 Å². The Morgan fingerprint density at radius 2 is 1.82 bits per heavy atom. The molecule has 6 rings (SSSR count). The molecule has 1 aliphatic carbocycles. The number of nitrogens with one attached hydrogen (secondary N) is 2. The standard InChI is InChI=1S/C26H30N6O/c1-18-6-5-7-20-21-17-29-25(31-24(21)26(33-23(18)20)10-3-2-4-11-26)30-22-9-8-19(16-28-22)32-14-12-27-13-15-32/h5-9,16-17,27H,2-4,10-15H2,1H3,(H,28,29,30,31). The fraction of sp³-hybridized carbons (Fsp3) is 0.423. The van der Waals surface area contributed by atoms with Crippen LogP contribution in [0.2, 0.25) is 0 Å². The zero-order chi connectivity index (χ0) is 22.3. The molecule has 1 saturated heterocycles. The van der Waals surface area contributed by atoms with Gasteiger partial charge >= 0.3 is 0 Å². The van der Waals surface area contributed by atoms with E-state index in [0.29, 0.717) is 5.95 Å². The summed E-state index contributed by atoms with van der Waals surface area (Å²) in [7, 11) is 0. The van der Waals surface area contributed by atoms with E-state index in [0.717, 1.165) is 85.9 Å². The van der Waals surface area contributed by atoms with Gasteiger partial charge in [0.25, 0.3) is 0 Å². The highest BCUT2D eigenvalue weighted by Crippen LogP contribution is 2.51. The van der Waals surface area contributed by atoms with Crippen LogP contribution in [-0.4, -0.2) is 41.1 Å². The van der Waals surface area contributed by atoms with Crippen LogP contribution < -0.4 is 20.3 Å². The third-order valence-corrected chi connectivity index (χ3v) is 7.15.